The van der Waals surface area contributed by atoms with Crippen LogP contribution in [0.4, 0.5) is 0 Å². The lowest BCUT2D eigenvalue weighted by atomic mass is 10.1. The van der Waals surface area contributed by atoms with Gasteiger partial charge in [-0.3, -0.25) is 9.11 Å². The summed E-state index contributed by atoms with van der Waals surface area (Å²) in [4.78, 5) is 10.2. The van der Waals surface area contributed by atoms with E-state index < -0.39 is 32.3 Å². The third-order valence-corrected chi connectivity index (χ3v) is 4.22. The number of carboxylic acid groups (broad SMARTS) is 1. The van der Waals surface area contributed by atoms with Crippen LogP contribution in [0.1, 0.15) is 11.7 Å². The van der Waals surface area contributed by atoms with Crippen molar-refractivity contribution < 1.29 is 40.9 Å². The van der Waals surface area contributed by atoms with Crippen molar-refractivity contribution in [1.82, 2.24) is 0 Å². The van der Waals surface area contributed by atoms with Crippen LogP contribution in [0.5, 0.6) is 0 Å². The van der Waals surface area contributed by atoms with Crippen LogP contribution < -0.4 is 0 Å². The van der Waals surface area contributed by atoms with Crippen molar-refractivity contribution in [3.05, 3.63) is 78.4 Å². The highest BCUT2D eigenvalue weighted by atomic mass is 32.2. The van der Waals surface area contributed by atoms with Crippen LogP contribution in [0, 0.1) is 0 Å². The molecule has 0 saturated heterocycles. The van der Waals surface area contributed by atoms with Crippen molar-refractivity contribution in [1.29, 1.82) is 0 Å². The second kappa shape index (κ2) is 10.8. The van der Waals surface area contributed by atoms with E-state index >= 15 is 0 Å². The summed E-state index contributed by atoms with van der Waals surface area (Å²) in [7, 11) is -7.76. The van der Waals surface area contributed by atoms with Crippen molar-refractivity contribution in [2.75, 3.05) is 6.26 Å². The monoisotopic (exact) mass is 456 g/mol. The molecule has 0 fully saturated rings. The average molecular weight is 456 g/mol. The number of benzene rings is 3. The van der Waals surface area contributed by atoms with Crippen molar-refractivity contribution in [2.24, 2.45) is 0 Å². The molecule has 3 aromatic rings. The molecule has 0 aliphatic rings. The van der Waals surface area contributed by atoms with Gasteiger partial charge >= 0.3 is 5.97 Å². The van der Waals surface area contributed by atoms with Crippen LogP contribution in [0.15, 0.2) is 77.7 Å². The molecule has 1 unspecified atom stereocenters. The molecule has 0 saturated carbocycles. The molecule has 162 valence electrons. The van der Waals surface area contributed by atoms with E-state index in [0.717, 1.165) is 10.8 Å². The molecular formula is C19H20O9S2. The molecule has 30 heavy (non-hydrogen) atoms. The zero-order valence-corrected chi connectivity index (χ0v) is 17.3. The number of hydrogen-bond acceptors (Lipinski definition) is 6. The van der Waals surface area contributed by atoms with Gasteiger partial charge in [-0.05, 0) is 28.5 Å². The number of fused-ring (bicyclic) bond motifs is 1. The van der Waals surface area contributed by atoms with Gasteiger partial charge < -0.3 is 10.2 Å². The Bertz CT molecular complexity index is 1180. The van der Waals surface area contributed by atoms with Crippen molar-refractivity contribution in [3.8, 4) is 0 Å². The van der Waals surface area contributed by atoms with E-state index in [4.69, 9.17) is 19.3 Å². The summed E-state index contributed by atoms with van der Waals surface area (Å²) in [5, 5.41) is 19.1. The summed E-state index contributed by atoms with van der Waals surface area (Å²) in [6.07, 6.45) is -0.691. The first-order valence-corrected chi connectivity index (χ1v) is 11.4. The Balaban J connectivity index is 0.000000251. The topological polar surface area (TPSA) is 166 Å². The summed E-state index contributed by atoms with van der Waals surface area (Å²) < 4.78 is 56.4. The first-order chi connectivity index (χ1) is 13.8. The van der Waals surface area contributed by atoms with Crippen LogP contribution in [-0.4, -0.2) is 48.4 Å². The van der Waals surface area contributed by atoms with Crippen LogP contribution in [0.3, 0.4) is 0 Å². The lowest BCUT2D eigenvalue weighted by molar-refractivity contribution is -0.146. The van der Waals surface area contributed by atoms with Gasteiger partial charge in [-0.15, -0.1) is 0 Å². The molecule has 1 atom stereocenters. The molecule has 3 rings (SSSR count). The molecule has 3 aromatic carbocycles. The lowest BCUT2D eigenvalue weighted by Crippen LogP contribution is -2.09. The molecule has 9 nitrogen and oxygen atoms in total. The molecule has 0 radical (unpaired) electrons. The van der Waals surface area contributed by atoms with Gasteiger partial charge in [-0.1, -0.05) is 60.7 Å². The normalized spacial score (nSPS) is 12.0. The number of aliphatic hydroxyl groups is 1. The van der Waals surface area contributed by atoms with Crippen LogP contribution >= 0.6 is 0 Å². The fourth-order valence-electron chi connectivity index (χ4n) is 2.11. The second-order valence-electron chi connectivity index (χ2n) is 5.87. The van der Waals surface area contributed by atoms with Crippen LogP contribution in [0.2, 0.25) is 0 Å². The summed E-state index contributed by atoms with van der Waals surface area (Å²) in [5.74, 6) is -1.23. The van der Waals surface area contributed by atoms with Gasteiger partial charge in [0, 0.05) is 0 Å². The van der Waals surface area contributed by atoms with Gasteiger partial charge in [0.05, 0.1) is 11.2 Å². The zero-order valence-electron chi connectivity index (χ0n) is 15.7. The van der Waals surface area contributed by atoms with Crippen molar-refractivity contribution >= 4 is 37.0 Å². The smallest absolute Gasteiger partial charge is 0.337 e. The highest BCUT2D eigenvalue weighted by Gasteiger charge is 2.14. The molecule has 0 aromatic heterocycles. The summed E-state index contributed by atoms with van der Waals surface area (Å²) >= 11 is 0. The standard InChI is InChI=1S/C10H8O3S.C8H8O3.CH4O3S/c11-14(12,13)10-6-5-8-3-1-2-4-9(8)7-10;9-7(8(10)11)6-4-2-1-3-5-6;1-5(2,3)4/h1-7H,(H,11,12,13);1-5,7,9H,(H,10,11);1H3,(H,2,3,4). The predicted octanol–water partition coefficient (Wildman–Crippen LogP) is 2.40. The highest BCUT2D eigenvalue weighted by Crippen LogP contribution is 2.18. The number of carboxylic acids is 1. The van der Waals surface area contributed by atoms with Crippen LogP contribution in [-0.2, 0) is 25.0 Å². The third-order valence-electron chi connectivity index (χ3n) is 3.37. The number of aliphatic hydroxyl groups excluding tert-OH is 1. The average Bonchev–Trinajstić information content (AvgIpc) is 2.66. The van der Waals surface area contributed by atoms with E-state index in [1.807, 2.05) is 18.2 Å². The Morgan fingerprint density at radius 3 is 1.73 bits per heavy atom. The maximum atomic E-state index is 10.8. The molecule has 11 heteroatoms. The Labute approximate surface area is 173 Å². The quantitative estimate of drug-likeness (QED) is 0.433. The predicted molar refractivity (Wildman–Crippen MR) is 110 cm³/mol. The Morgan fingerprint density at radius 2 is 1.27 bits per heavy atom. The van der Waals surface area contributed by atoms with Gasteiger partial charge in [0.25, 0.3) is 20.2 Å². The van der Waals surface area contributed by atoms with E-state index in [2.05, 4.69) is 0 Å². The van der Waals surface area contributed by atoms with Crippen LogP contribution in [0.25, 0.3) is 10.8 Å². The minimum atomic E-state index is -4.09. The number of rotatable bonds is 3. The van der Waals surface area contributed by atoms with E-state index in [1.165, 1.54) is 12.1 Å². The molecule has 0 heterocycles. The SMILES string of the molecule is CS(=O)(=O)O.O=C(O)C(O)c1ccccc1.O=S(=O)(O)c1ccc2ccccc2c1. The number of hydrogen-bond donors (Lipinski definition) is 4. The first kappa shape index (κ1) is 25.2. The molecule has 0 aliphatic carbocycles. The Kier molecular flexibility index (Phi) is 9.08. The fourth-order valence-corrected chi connectivity index (χ4v) is 2.62. The third kappa shape index (κ3) is 9.58. The molecule has 0 aliphatic heterocycles. The van der Waals surface area contributed by atoms with Gasteiger partial charge in [0.1, 0.15) is 0 Å². The van der Waals surface area contributed by atoms with E-state index in [0.29, 0.717) is 11.8 Å². The van der Waals surface area contributed by atoms with E-state index in [9.17, 15) is 21.6 Å². The van der Waals surface area contributed by atoms with Gasteiger partial charge in [-0.25, -0.2) is 4.79 Å². The molecule has 0 bridgehead atoms. The molecular weight excluding hydrogens is 436 g/mol. The fraction of sp³-hybridized carbons (Fsp3) is 0.105. The number of aliphatic carboxylic acids is 1. The summed E-state index contributed by atoms with van der Waals surface area (Å²) in [6, 6.07) is 20.1. The lowest BCUT2D eigenvalue weighted by Gasteiger charge is -2.03. The summed E-state index contributed by atoms with van der Waals surface area (Å²) in [5.41, 5.74) is 0.403. The summed E-state index contributed by atoms with van der Waals surface area (Å²) in [6.45, 7) is 0. The minimum absolute atomic E-state index is 0.0730. The second-order valence-corrected chi connectivity index (χ2v) is 8.76. The molecule has 0 spiro atoms. The van der Waals surface area contributed by atoms with Crippen molar-refractivity contribution in [3.63, 3.8) is 0 Å². The largest absolute Gasteiger partial charge is 0.479 e. The molecule has 4 N–H and O–H groups in total. The maximum absolute atomic E-state index is 10.8. The van der Waals surface area contributed by atoms with Gasteiger partial charge in [0.15, 0.2) is 6.10 Å². The molecule has 0 amide bonds. The highest BCUT2D eigenvalue weighted by molar-refractivity contribution is 7.85. The van der Waals surface area contributed by atoms with Crippen molar-refractivity contribution in [2.45, 2.75) is 11.0 Å². The van der Waals surface area contributed by atoms with E-state index in [1.54, 1.807) is 42.5 Å². The minimum Gasteiger partial charge on any atom is -0.479 e. The zero-order chi connectivity index (χ0) is 22.9. The Hall–Kier alpha value is -2.83. The maximum Gasteiger partial charge on any atom is 0.337 e. The van der Waals surface area contributed by atoms with Gasteiger partial charge in [-0.2, -0.15) is 16.8 Å². The Morgan fingerprint density at radius 1 is 0.800 bits per heavy atom. The number of carbonyl (C=O) groups is 1. The van der Waals surface area contributed by atoms with Gasteiger partial charge in [0.2, 0.25) is 0 Å². The van der Waals surface area contributed by atoms with E-state index in [-0.39, 0.29) is 4.90 Å². The first-order valence-electron chi connectivity index (χ1n) is 8.13.